The van der Waals surface area contributed by atoms with Gasteiger partial charge in [0.2, 0.25) is 10.0 Å². The summed E-state index contributed by atoms with van der Waals surface area (Å²) in [6.07, 6.45) is 2.35. The van der Waals surface area contributed by atoms with Crippen molar-refractivity contribution in [3.8, 4) is 0 Å². The molecule has 0 saturated carbocycles. The molecule has 88 valence electrons. The van der Waals surface area contributed by atoms with Crippen LogP contribution in [-0.2, 0) is 19.9 Å². The minimum absolute atomic E-state index is 0.0277. The molecule has 15 heavy (non-hydrogen) atoms. The van der Waals surface area contributed by atoms with Crippen molar-refractivity contribution in [2.24, 2.45) is 0 Å². The van der Waals surface area contributed by atoms with E-state index in [-0.39, 0.29) is 24.5 Å². The van der Waals surface area contributed by atoms with E-state index >= 15 is 0 Å². The lowest BCUT2D eigenvalue weighted by molar-refractivity contribution is 0.568. The van der Waals surface area contributed by atoms with E-state index in [2.05, 4.69) is 11.3 Å². The summed E-state index contributed by atoms with van der Waals surface area (Å²) in [4.78, 5) is 0. The first-order chi connectivity index (χ1) is 6.87. The molecule has 0 spiro atoms. The third-order valence-corrected chi connectivity index (χ3v) is 6.15. The van der Waals surface area contributed by atoms with Crippen LogP contribution in [0.15, 0.2) is 12.7 Å². The lowest BCUT2D eigenvalue weighted by Crippen LogP contribution is -2.35. The van der Waals surface area contributed by atoms with Crippen molar-refractivity contribution in [3.05, 3.63) is 12.7 Å². The van der Waals surface area contributed by atoms with Crippen LogP contribution < -0.4 is 4.72 Å². The molecule has 1 unspecified atom stereocenters. The Kier molecular flexibility index (Phi) is 3.91. The summed E-state index contributed by atoms with van der Waals surface area (Å²) in [6.45, 7) is 3.75. The lowest BCUT2D eigenvalue weighted by Gasteiger charge is -2.10. The molecule has 0 aromatic carbocycles. The largest absolute Gasteiger partial charge is 0.229 e. The summed E-state index contributed by atoms with van der Waals surface area (Å²) in [5.41, 5.74) is 0. The van der Waals surface area contributed by atoms with Gasteiger partial charge in [-0.1, -0.05) is 6.08 Å². The van der Waals surface area contributed by atoms with Gasteiger partial charge in [0.1, 0.15) is 0 Å². The summed E-state index contributed by atoms with van der Waals surface area (Å²) in [6, 6.07) is 0. The first-order valence-electron chi connectivity index (χ1n) is 4.67. The Labute approximate surface area is 90.5 Å². The van der Waals surface area contributed by atoms with Gasteiger partial charge in [-0.2, -0.15) is 0 Å². The molecular weight excluding hydrogens is 238 g/mol. The third-order valence-electron chi connectivity index (χ3n) is 2.28. The molecule has 1 N–H and O–H groups in total. The summed E-state index contributed by atoms with van der Waals surface area (Å²) in [5.74, 6) is -0.281. The highest BCUT2D eigenvalue weighted by Crippen LogP contribution is 2.17. The maximum absolute atomic E-state index is 11.6. The zero-order valence-corrected chi connectivity index (χ0v) is 9.98. The maximum atomic E-state index is 11.6. The van der Waals surface area contributed by atoms with Crippen molar-refractivity contribution < 1.29 is 16.8 Å². The van der Waals surface area contributed by atoms with Crippen molar-refractivity contribution in [1.29, 1.82) is 0 Å². The smallest absolute Gasteiger partial charge is 0.215 e. The molecule has 5 nitrogen and oxygen atoms in total. The van der Waals surface area contributed by atoms with E-state index in [1.165, 1.54) is 0 Å². The molecular formula is C8H15NO4S2. The van der Waals surface area contributed by atoms with Gasteiger partial charge < -0.3 is 0 Å². The second-order valence-electron chi connectivity index (χ2n) is 3.54. The SMILES string of the molecule is C=CCCNS(=O)(=O)C1CCS(=O)(=O)C1. The van der Waals surface area contributed by atoms with Crippen LogP contribution in [0.1, 0.15) is 12.8 Å². The molecule has 1 heterocycles. The Balaban J connectivity index is 2.60. The summed E-state index contributed by atoms with van der Waals surface area (Å²) < 4.78 is 47.8. The van der Waals surface area contributed by atoms with E-state index in [9.17, 15) is 16.8 Å². The fourth-order valence-corrected chi connectivity index (χ4v) is 5.52. The van der Waals surface area contributed by atoms with Gasteiger partial charge in [0.05, 0.1) is 16.8 Å². The number of nitrogens with one attached hydrogen (secondary N) is 1. The van der Waals surface area contributed by atoms with Crippen molar-refractivity contribution in [2.45, 2.75) is 18.1 Å². The molecule has 0 radical (unpaired) electrons. The fraction of sp³-hybridized carbons (Fsp3) is 0.750. The van der Waals surface area contributed by atoms with E-state index in [4.69, 9.17) is 0 Å². The summed E-state index contributed by atoms with van der Waals surface area (Å²) in [7, 11) is -6.63. The van der Waals surface area contributed by atoms with E-state index in [0.717, 1.165) is 0 Å². The van der Waals surface area contributed by atoms with E-state index in [1.54, 1.807) is 6.08 Å². The van der Waals surface area contributed by atoms with Gasteiger partial charge in [-0.3, -0.25) is 0 Å². The Hall–Kier alpha value is -0.400. The van der Waals surface area contributed by atoms with Gasteiger partial charge >= 0.3 is 0 Å². The van der Waals surface area contributed by atoms with Crippen LogP contribution in [0.4, 0.5) is 0 Å². The molecule has 1 rings (SSSR count). The quantitative estimate of drug-likeness (QED) is 0.537. The third kappa shape index (κ3) is 3.58. The predicted octanol–water partition coefficient (Wildman–Crippen LogP) is -0.331. The average Bonchev–Trinajstić information content (AvgIpc) is 2.47. The second-order valence-corrected chi connectivity index (χ2v) is 7.82. The van der Waals surface area contributed by atoms with Crippen molar-refractivity contribution in [2.75, 3.05) is 18.1 Å². The van der Waals surface area contributed by atoms with Crippen LogP contribution in [0.2, 0.25) is 0 Å². The standard InChI is InChI=1S/C8H15NO4S2/c1-2-3-5-9-15(12,13)8-4-6-14(10,11)7-8/h2,8-9H,1,3-7H2. The van der Waals surface area contributed by atoms with Gasteiger partial charge in [-0.25, -0.2) is 21.6 Å². The average molecular weight is 253 g/mol. The Morgan fingerprint density at radius 1 is 1.47 bits per heavy atom. The van der Waals surface area contributed by atoms with E-state index in [0.29, 0.717) is 6.42 Å². The normalized spacial score (nSPS) is 25.2. The molecule has 7 heteroatoms. The molecule has 1 atom stereocenters. The topological polar surface area (TPSA) is 80.3 Å². The summed E-state index contributed by atoms with van der Waals surface area (Å²) >= 11 is 0. The highest BCUT2D eigenvalue weighted by Gasteiger charge is 2.36. The predicted molar refractivity (Wildman–Crippen MR) is 58.8 cm³/mol. The molecule has 0 bridgehead atoms. The van der Waals surface area contributed by atoms with E-state index in [1.807, 2.05) is 0 Å². The zero-order valence-electron chi connectivity index (χ0n) is 8.35. The Bertz CT molecular complexity index is 424. The van der Waals surface area contributed by atoms with Crippen LogP contribution in [0.25, 0.3) is 0 Å². The van der Waals surface area contributed by atoms with Crippen LogP contribution in [0.5, 0.6) is 0 Å². The highest BCUT2D eigenvalue weighted by molar-refractivity contribution is 7.95. The van der Waals surface area contributed by atoms with Crippen LogP contribution in [0, 0.1) is 0 Å². The monoisotopic (exact) mass is 253 g/mol. The molecule has 0 aromatic heterocycles. The molecule has 1 fully saturated rings. The van der Waals surface area contributed by atoms with Gasteiger partial charge in [0.25, 0.3) is 0 Å². The zero-order chi connectivity index (χ0) is 11.5. The number of sulfone groups is 1. The maximum Gasteiger partial charge on any atom is 0.215 e. The van der Waals surface area contributed by atoms with Crippen molar-refractivity contribution >= 4 is 19.9 Å². The number of sulfonamides is 1. The lowest BCUT2D eigenvalue weighted by atomic mass is 10.4. The number of rotatable bonds is 5. The van der Waals surface area contributed by atoms with Gasteiger partial charge in [-0.05, 0) is 12.8 Å². The van der Waals surface area contributed by atoms with Crippen LogP contribution >= 0.6 is 0 Å². The first kappa shape index (κ1) is 12.7. The minimum atomic E-state index is -3.48. The molecule has 0 aromatic rings. The van der Waals surface area contributed by atoms with Gasteiger partial charge in [0.15, 0.2) is 9.84 Å². The van der Waals surface area contributed by atoms with Gasteiger partial charge in [-0.15, -0.1) is 6.58 Å². The molecule has 1 aliphatic rings. The van der Waals surface area contributed by atoms with Crippen LogP contribution in [-0.4, -0.2) is 40.1 Å². The molecule has 0 amide bonds. The van der Waals surface area contributed by atoms with E-state index < -0.39 is 25.1 Å². The van der Waals surface area contributed by atoms with Crippen LogP contribution in [0.3, 0.4) is 0 Å². The Morgan fingerprint density at radius 2 is 2.13 bits per heavy atom. The molecule has 0 aliphatic carbocycles. The molecule has 1 saturated heterocycles. The molecule has 1 aliphatic heterocycles. The first-order valence-corrected chi connectivity index (χ1v) is 8.04. The second kappa shape index (κ2) is 4.63. The fourth-order valence-electron chi connectivity index (χ4n) is 1.43. The number of hydrogen-bond acceptors (Lipinski definition) is 4. The van der Waals surface area contributed by atoms with Gasteiger partial charge in [0, 0.05) is 6.54 Å². The highest BCUT2D eigenvalue weighted by atomic mass is 32.2. The summed E-state index contributed by atoms with van der Waals surface area (Å²) in [5, 5.41) is -0.785. The van der Waals surface area contributed by atoms with Crippen molar-refractivity contribution in [1.82, 2.24) is 4.72 Å². The van der Waals surface area contributed by atoms with Crippen molar-refractivity contribution in [3.63, 3.8) is 0 Å². The minimum Gasteiger partial charge on any atom is -0.229 e. The Morgan fingerprint density at radius 3 is 2.60 bits per heavy atom. The number of hydrogen-bond donors (Lipinski definition) is 1.